The van der Waals surface area contributed by atoms with Crippen LogP contribution in [0.5, 0.6) is 5.75 Å². The SMILES string of the molecule is CC(=O)NC(CC(=O)Oc1ccccc1C(F)(F)F)c1ccc(Cl)cc1. The lowest BCUT2D eigenvalue weighted by atomic mass is 10.0. The van der Waals surface area contributed by atoms with Gasteiger partial charge in [-0.3, -0.25) is 9.59 Å². The molecule has 26 heavy (non-hydrogen) atoms. The number of esters is 1. The molecule has 2 aromatic carbocycles. The summed E-state index contributed by atoms with van der Waals surface area (Å²) < 4.78 is 43.8. The Labute approximate surface area is 152 Å². The number of carbonyl (C=O) groups excluding carboxylic acids is 2. The minimum Gasteiger partial charge on any atom is -0.426 e. The molecule has 0 aromatic heterocycles. The van der Waals surface area contributed by atoms with Gasteiger partial charge in [0.1, 0.15) is 5.75 Å². The second-order valence-electron chi connectivity index (χ2n) is 5.48. The predicted octanol–water partition coefficient (Wildman–Crippen LogP) is 4.53. The molecule has 0 aliphatic heterocycles. The highest BCUT2D eigenvalue weighted by Crippen LogP contribution is 2.36. The van der Waals surface area contributed by atoms with Gasteiger partial charge in [0.05, 0.1) is 18.0 Å². The van der Waals surface area contributed by atoms with E-state index in [4.69, 9.17) is 16.3 Å². The molecule has 0 saturated carbocycles. The third-order valence-electron chi connectivity index (χ3n) is 3.44. The maximum atomic E-state index is 13.0. The van der Waals surface area contributed by atoms with Crippen molar-refractivity contribution in [2.24, 2.45) is 0 Å². The van der Waals surface area contributed by atoms with Gasteiger partial charge in [-0.05, 0) is 29.8 Å². The third kappa shape index (κ3) is 5.49. The Morgan fingerprint density at radius 3 is 2.31 bits per heavy atom. The van der Waals surface area contributed by atoms with Crippen molar-refractivity contribution in [3.8, 4) is 5.75 Å². The molecule has 2 rings (SSSR count). The molecule has 0 fully saturated rings. The average Bonchev–Trinajstić information content (AvgIpc) is 2.54. The average molecular weight is 386 g/mol. The number of rotatable bonds is 5. The van der Waals surface area contributed by atoms with Crippen molar-refractivity contribution in [2.45, 2.75) is 25.6 Å². The Kier molecular flexibility index (Phi) is 6.26. The zero-order valence-corrected chi connectivity index (χ0v) is 14.4. The summed E-state index contributed by atoms with van der Waals surface area (Å²) in [4.78, 5) is 23.5. The smallest absolute Gasteiger partial charge is 0.419 e. The lowest BCUT2D eigenvalue weighted by molar-refractivity contribution is -0.142. The summed E-state index contributed by atoms with van der Waals surface area (Å²) in [5, 5.41) is 3.04. The molecule has 0 heterocycles. The fraction of sp³-hybridized carbons (Fsp3) is 0.222. The lowest BCUT2D eigenvalue weighted by Gasteiger charge is -2.18. The van der Waals surface area contributed by atoms with E-state index in [0.717, 1.165) is 12.1 Å². The van der Waals surface area contributed by atoms with Crippen LogP contribution in [0.25, 0.3) is 0 Å². The van der Waals surface area contributed by atoms with E-state index in [0.29, 0.717) is 10.6 Å². The van der Waals surface area contributed by atoms with Crippen LogP contribution in [-0.4, -0.2) is 11.9 Å². The molecule has 1 amide bonds. The normalized spacial score (nSPS) is 12.3. The number of benzene rings is 2. The molecule has 0 radical (unpaired) electrons. The zero-order valence-electron chi connectivity index (χ0n) is 13.6. The Hall–Kier alpha value is -2.54. The fourth-order valence-electron chi connectivity index (χ4n) is 2.31. The van der Waals surface area contributed by atoms with Crippen LogP contribution in [0.15, 0.2) is 48.5 Å². The molecule has 0 bridgehead atoms. The maximum Gasteiger partial charge on any atom is 0.419 e. The van der Waals surface area contributed by atoms with Crippen molar-refractivity contribution in [1.82, 2.24) is 5.32 Å². The van der Waals surface area contributed by atoms with Gasteiger partial charge in [-0.1, -0.05) is 35.9 Å². The molecule has 138 valence electrons. The molecular weight excluding hydrogens is 371 g/mol. The van der Waals surface area contributed by atoms with Crippen molar-refractivity contribution in [3.05, 3.63) is 64.7 Å². The zero-order chi connectivity index (χ0) is 19.3. The molecule has 1 atom stereocenters. The summed E-state index contributed by atoms with van der Waals surface area (Å²) in [5.74, 6) is -1.88. The van der Waals surface area contributed by atoms with E-state index in [9.17, 15) is 22.8 Å². The Balaban J connectivity index is 2.18. The number of hydrogen-bond donors (Lipinski definition) is 1. The van der Waals surface area contributed by atoms with Gasteiger partial charge in [-0.25, -0.2) is 0 Å². The van der Waals surface area contributed by atoms with E-state index in [-0.39, 0.29) is 6.42 Å². The van der Waals surface area contributed by atoms with Crippen LogP contribution in [0, 0.1) is 0 Å². The van der Waals surface area contributed by atoms with Crippen LogP contribution in [0.3, 0.4) is 0 Å². The minimum atomic E-state index is -4.65. The van der Waals surface area contributed by atoms with E-state index >= 15 is 0 Å². The Morgan fingerprint density at radius 2 is 1.73 bits per heavy atom. The van der Waals surface area contributed by atoms with E-state index in [1.165, 1.54) is 19.1 Å². The number of para-hydroxylation sites is 1. The summed E-state index contributed by atoms with van der Waals surface area (Å²) in [6, 6.07) is 10.1. The molecule has 1 unspecified atom stereocenters. The van der Waals surface area contributed by atoms with Crippen LogP contribution < -0.4 is 10.1 Å². The second-order valence-corrected chi connectivity index (χ2v) is 5.91. The van der Waals surface area contributed by atoms with Gasteiger partial charge in [0, 0.05) is 11.9 Å². The van der Waals surface area contributed by atoms with Crippen molar-refractivity contribution in [1.29, 1.82) is 0 Å². The summed E-state index contributed by atoms with van der Waals surface area (Å²) in [5.41, 5.74) is -0.471. The third-order valence-corrected chi connectivity index (χ3v) is 3.69. The highest BCUT2D eigenvalue weighted by atomic mass is 35.5. The van der Waals surface area contributed by atoms with Crippen LogP contribution in [-0.2, 0) is 15.8 Å². The number of amides is 1. The second kappa shape index (κ2) is 8.23. The Morgan fingerprint density at radius 1 is 1.12 bits per heavy atom. The summed E-state index contributed by atoms with van der Waals surface area (Å²) in [6.45, 7) is 1.27. The van der Waals surface area contributed by atoms with Gasteiger partial charge in [-0.15, -0.1) is 0 Å². The molecule has 4 nitrogen and oxygen atoms in total. The van der Waals surface area contributed by atoms with Gasteiger partial charge in [0.15, 0.2) is 0 Å². The number of nitrogens with one attached hydrogen (secondary N) is 1. The van der Waals surface area contributed by atoms with E-state index in [1.807, 2.05) is 0 Å². The van der Waals surface area contributed by atoms with Gasteiger partial charge < -0.3 is 10.1 Å². The molecule has 2 aromatic rings. The molecule has 0 aliphatic carbocycles. The summed E-state index contributed by atoms with van der Waals surface area (Å²) in [6.07, 6.45) is -4.99. The fourth-order valence-corrected chi connectivity index (χ4v) is 2.44. The highest BCUT2D eigenvalue weighted by Gasteiger charge is 2.34. The van der Waals surface area contributed by atoms with Crippen molar-refractivity contribution < 1.29 is 27.5 Å². The molecule has 0 aliphatic rings. The van der Waals surface area contributed by atoms with Gasteiger partial charge >= 0.3 is 12.1 Å². The van der Waals surface area contributed by atoms with Crippen molar-refractivity contribution in [2.75, 3.05) is 0 Å². The molecule has 0 spiro atoms. The lowest BCUT2D eigenvalue weighted by Crippen LogP contribution is -2.29. The maximum absolute atomic E-state index is 13.0. The standard InChI is InChI=1S/C18H15ClF3NO3/c1-11(24)23-15(12-6-8-13(19)9-7-12)10-17(25)26-16-5-3-2-4-14(16)18(20,21)22/h2-9,15H,10H2,1H3,(H,23,24). The van der Waals surface area contributed by atoms with Gasteiger partial charge in [-0.2, -0.15) is 13.2 Å². The quantitative estimate of drug-likeness (QED) is 0.607. The molecule has 1 N–H and O–H groups in total. The number of carbonyl (C=O) groups is 2. The molecule has 8 heteroatoms. The number of alkyl halides is 3. The first-order chi connectivity index (χ1) is 12.2. The molecular formula is C18H15ClF3NO3. The van der Waals surface area contributed by atoms with E-state index < -0.39 is 35.4 Å². The largest absolute Gasteiger partial charge is 0.426 e. The number of ether oxygens (including phenoxy) is 1. The Bertz CT molecular complexity index is 791. The van der Waals surface area contributed by atoms with Gasteiger partial charge in [0.2, 0.25) is 5.91 Å². The van der Waals surface area contributed by atoms with E-state index in [2.05, 4.69) is 5.32 Å². The van der Waals surface area contributed by atoms with E-state index in [1.54, 1.807) is 24.3 Å². The number of halogens is 4. The molecule has 0 saturated heterocycles. The van der Waals surface area contributed by atoms with Crippen LogP contribution in [0.1, 0.15) is 30.5 Å². The van der Waals surface area contributed by atoms with Crippen molar-refractivity contribution >= 4 is 23.5 Å². The van der Waals surface area contributed by atoms with Crippen LogP contribution in [0.4, 0.5) is 13.2 Å². The first-order valence-electron chi connectivity index (χ1n) is 7.56. The topological polar surface area (TPSA) is 55.4 Å². The van der Waals surface area contributed by atoms with Crippen LogP contribution >= 0.6 is 11.6 Å². The summed E-state index contributed by atoms with van der Waals surface area (Å²) >= 11 is 5.81. The monoisotopic (exact) mass is 385 g/mol. The van der Waals surface area contributed by atoms with Crippen molar-refractivity contribution in [3.63, 3.8) is 0 Å². The number of hydrogen-bond acceptors (Lipinski definition) is 3. The highest BCUT2D eigenvalue weighted by molar-refractivity contribution is 6.30. The van der Waals surface area contributed by atoms with Gasteiger partial charge in [0.25, 0.3) is 0 Å². The van der Waals surface area contributed by atoms with Crippen LogP contribution in [0.2, 0.25) is 5.02 Å². The minimum absolute atomic E-state index is 0.340. The first-order valence-corrected chi connectivity index (χ1v) is 7.94. The summed E-state index contributed by atoms with van der Waals surface area (Å²) in [7, 11) is 0. The first kappa shape index (κ1) is 19.8. The predicted molar refractivity (Wildman–Crippen MR) is 89.7 cm³/mol.